The van der Waals surface area contributed by atoms with Crippen LogP contribution in [0.4, 0.5) is 0 Å². The molecule has 0 fully saturated rings. The molecule has 2 aromatic carbocycles. The number of aromatic nitrogens is 1. The van der Waals surface area contributed by atoms with Crippen LogP contribution in [0.2, 0.25) is 0 Å². The molecule has 1 heterocycles. The van der Waals surface area contributed by atoms with E-state index in [4.69, 9.17) is 9.47 Å². The number of benzene rings is 2. The minimum absolute atomic E-state index is 0.203. The number of fused-ring (bicyclic) bond motifs is 1. The Morgan fingerprint density at radius 3 is 2.80 bits per heavy atom. The number of esters is 1. The van der Waals surface area contributed by atoms with Crippen LogP contribution in [0.15, 0.2) is 73.5 Å². The van der Waals surface area contributed by atoms with Crippen molar-refractivity contribution in [3.05, 3.63) is 84.6 Å². The van der Waals surface area contributed by atoms with Crippen molar-refractivity contribution in [2.45, 2.75) is 6.61 Å². The van der Waals surface area contributed by atoms with Crippen molar-refractivity contribution in [2.75, 3.05) is 6.61 Å². The van der Waals surface area contributed by atoms with Crippen molar-refractivity contribution in [1.29, 1.82) is 0 Å². The Bertz CT molecular complexity index is 894. The molecule has 25 heavy (non-hydrogen) atoms. The van der Waals surface area contributed by atoms with Gasteiger partial charge in [-0.3, -0.25) is 0 Å². The molecule has 4 heteroatoms. The fourth-order valence-electron chi connectivity index (χ4n) is 2.44. The van der Waals surface area contributed by atoms with Gasteiger partial charge in [-0.15, -0.1) is 0 Å². The summed E-state index contributed by atoms with van der Waals surface area (Å²) in [5, 5.41) is 0.985. The monoisotopic (exact) mass is 333 g/mol. The summed E-state index contributed by atoms with van der Waals surface area (Å²) in [7, 11) is 0. The lowest BCUT2D eigenvalue weighted by Gasteiger charge is -2.06. The Kier molecular flexibility index (Phi) is 5.32. The number of hydrogen-bond acceptors (Lipinski definition) is 3. The minimum Gasteiger partial charge on any atom is -0.489 e. The van der Waals surface area contributed by atoms with Gasteiger partial charge in [0, 0.05) is 28.7 Å². The zero-order chi connectivity index (χ0) is 17.5. The molecular formula is C21H19NO3. The van der Waals surface area contributed by atoms with E-state index in [1.54, 1.807) is 6.08 Å². The lowest BCUT2D eigenvalue weighted by Crippen LogP contribution is -1.99. The molecule has 1 aromatic heterocycles. The SMILES string of the molecule is C=CCOC(=O)C=Cc1c[nH]c2ccc(OCc3ccccc3)cc12. The van der Waals surface area contributed by atoms with Crippen molar-refractivity contribution in [2.24, 2.45) is 0 Å². The van der Waals surface area contributed by atoms with Crippen LogP contribution in [0.1, 0.15) is 11.1 Å². The molecule has 126 valence electrons. The molecule has 0 saturated carbocycles. The quantitative estimate of drug-likeness (QED) is 0.394. The van der Waals surface area contributed by atoms with E-state index in [9.17, 15) is 4.79 Å². The lowest BCUT2D eigenvalue weighted by atomic mass is 10.1. The van der Waals surface area contributed by atoms with E-state index >= 15 is 0 Å². The topological polar surface area (TPSA) is 51.3 Å². The van der Waals surface area contributed by atoms with Crippen molar-refractivity contribution in [1.82, 2.24) is 4.98 Å². The zero-order valence-corrected chi connectivity index (χ0v) is 13.8. The molecule has 0 aliphatic carbocycles. The molecule has 0 radical (unpaired) electrons. The van der Waals surface area contributed by atoms with Gasteiger partial charge in [0.15, 0.2) is 0 Å². The molecule has 0 unspecified atom stereocenters. The van der Waals surface area contributed by atoms with Crippen LogP contribution in [0, 0.1) is 0 Å². The fraction of sp³-hybridized carbons (Fsp3) is 0.0952. The van der Waals surface area contributed by atoms with Crippen molar-refractivity contribution >= 4 is 22.9 Å². The number of nitrogens with one attached hydrogen (secondary N) is 1. The maximum atomic E-state index is 11.6. The van der Waals surface area contributed by atoms with Gasteiger partial charge in [0.05, 0.1) is 0 Å². The second-order valence-corrected chi connectivity index (χ2v) is 5.48. The third-order valence-corrected chi connectivity index (χ3v) is 3.68. The molecule has 0 saturated heterocycles. The average molecular weight is 333 g/mol. The second-order valence-electron chi connectivity index (χ2n) is 5.48. The molecular weight excluding hydrogens is 314 g/mol. The maximum absolute atomic E-state index is 11.6. The van der Waals surface area contributed by atoms with Crippen LogP contribution < -0.4 is 4.74 Å². The van der Waals surface area contributed by atoms with E-state index < -0.39 is 5.97 Å². The van der Waals surface area contributed by atoms with Gasteiger partial charge in [0.1, 0.15) is 19.0 Å². The Morgan fingerprint density at radius 2 is 2.00 bits per heavy atom. The number of hydrogen-bond donors (Lipinski definition) is 1. The number of carbonyl (C=O) groups excluding carboxylic acids is 1. The molecule has 0 atom stereocenters. The van der Waals surface area contributed by atoms with E-state index in [2.05, 4.69) is 11.6 Å². The number of carbonyl (C=O) groups is 1. The molecule has 0 aliphatic heterocycles. The van der Waals surface area contributed by atoms with Gasteiger partial charge in [-0.05, 0) is 29.8 Å². The summed E-state index contributed by atoms with van der Waals surface area (Å²) in [5.41, 5.74) is 2.99. The number of aromatic amines is 1. The molecule has 1 N–H and O–H groups in total. The normalized spacial score (nSPS) is 10.9. The van der Waals surface area contributed by atoms with Crippen LogP contribution in [-0.2, 0) is 16.1 Å². The lowest BCUT2D eigenvalue weighted by molar-refractivity contribution is -0.136. The van der Waals surface area contributed by atoms with Crippen molar-refractivity contribution in [3.63, 3.8) is 0 Å². The molecule has 0 spiro atoms. The highest BCUT2D eigenvalue weighted by atomic mass is 16.5. The van der Waals surface area contributed by atoms with E-state index in [1.807, 2.05) is 54.7 Å². The van der Waals surface area contributed by atoms with Gasteiger partial charge < -0.3 is 14.5 Å². The first-order valence-electron chi connectivity index (χ1n) is 8.00. The van der Waals surface area contributed by atoms with Crippen LogP contribution >= 0.6 is 0 Å². The fourth-order valence-corrected chi connectivity index (χ4v) is 2.44. The number of ether oxygens (including phenoxy) is 2. The highest BCUT2D eigenvalue weighted by molar-refractivity contribution is 5.94. The summed E-state index contributed by atoms with van der Waals surface area (Å²) in [6.45, 7) is 4.23. The Labute approximate surface area is 146 Å². The molecule has 3 aromatic rings. The third-order valence-electron chi connectivity index (χ3n) is 3.68. The number of rotatable bonds is 7. The van der Waals surface area contributed by atoms with Crippen LogP contribution in [0.5, 0.6) is 5.75 Å². The zero-order valence-electron chi connectivity index (χ0n) is 13.8. The van der Waals surface area contributed by atoms with Gasteiger partial charge >= 0.3 is 5.97 Å². The summed E-state index contributed by atoms with van der Waals surface area (Å²) in [5.74, 6) is 0.380. The highest BCUT2D eigenvalue weighted by Crippen LogP contribution is 2.25. The van der Waals surface area contributed by atoms with Crippen molar-refractivity contribution < 1.29 is 14.3 Å². The van der Waals surface area contributed by atoms with Gasteiger partial charge in [-0.2, -0.15) is 0 Å². The van der Waals surface area contributed by atoms with Gasteiger partial charge in [-0.1, -0.05) is 43.0 Å². The molecule has 0 bridgehead atoms. The smallest absolute Gasteiger partial charge is 0.331 e. The Morgan fingerprint density at radius 1 is 1.16 bits per heavy atom. The summed E-state index contributed by atoms with van der Waals surface area (Å²) in [4.78, 5) is 14.7. The minimum atomic E-state index is -0.397. The standard InChI is InChI=1S/C21H19NO3/c1-2-12-24-21(23)11-8-17-14-22-20-10-9-18(13-19(17)20)25-15-16-6-4-3-5-7-16/h2-11,13-14,22H,1,12,15H2. The van der Waals surface area contributed by atoms with E-state index in [0.29, 0.717) is 6.61 Å². The summed E-state index contributed by atoms with van der Waals surface area (Å²) < 4.78 is 10.8. The Hall–Kier alpha value is -3.27. The van der Waals surface area contributed by atoms with Gasteiger partial charge in [0.2, 0.25) is 0 Å². The number of H-pyrrole nitrogens is 1. The summed E-state index contributed by atoms with van der Waals surface area (Å²) >= 11 is 0. The van der Waals surface area contributed by atoms with Gasteiger partial charge in [-0.25, -0.2) is 4.79 Å². The second kappa shape index (κ2) is 8.02. The van der Waals surface area contributed by atoms with Crippen LogP contribution in [-0.4, -0.2) is 17.6 Å². The first-order chi connectivity index (χ1) is 12.3. The first-order valence-corrected chi connectivity index (χ1v) is 8.00. The summed E-state index contributed by atoms with van der Waals surface area (Å²) in [6.07, 6.45) is 6.52. The van der Waals surface area contributed by atoms with Crippen LogP contribution in [0.25, 0.3) is 17.0 Å². The molecule has 0 aliphatic rings. The maximum Gasteiger partial charge on any atom is 0.331 e. The highest BCUT2D eigenvalue weighted by Gasteiger charge is 2.05. The first kappa shape index (κ1) is 16.6. The molecule has 0 amide bonds. The predicted molar refractivity (Wildman–Crippen MR) is 99.3 cm³/mol. The molecule has 3 rings (SSSR count). The summed E-state index contributed by atoms with van der Waals surface area (Å²) in [6, 6.07) is 15.9. The Balaban J connectivity index is 1.74. The largest absolute Gasteiger partial charge is 0.489 e. The van der Waals surface area contributed by atoms with Crippen molar-refractivity contribution in [3.8, 4) is 5.75 Å². The predicted octanol–water partition coefficient (Wildman–Crippen LogP) is 4.49. The van der Waals surface area contributed by atoms with E-state index in [0.717, 1.165) is 27.8 Å². The van der Waals surface area contributed by atoms with Crippen LogP contribution in [0.3, 0.4) is 0 Å². The molecule has 4 nitrogen and oxygen atoms in total. The average Bonchev–Trinajstić information content (AvgIpc) is 3.06. The van der Waals surface area contributed by atoms with Gasteiger partial charge in [0.25, 0.3) is 0 Å². The van der Waals surface area contributed by atoms with E-state index in [1.165, 1.54) is 12.2 Å². The van der Waals surface area contributed by atoms with E-state index in [-0.39, 0.29) is 6.61 Å². The third kappa shape index (κ3) is 4.38.